The van der Waals surface area contributed by atoms with E-state index in [1.54, 1.807) is 0 Å². The van der Waals surface area contributed by atoms with Crippen LogP contribution in [0, 0.1) is 5.92 Å². The van der Waals surface area contributed by atoms with Crippen molar-refractivity contribution in [2.24, 2.45) is 5.92 Å². The molecule has 3 rings (SSSR count). The van der Waals surface area contributed by atoms with Gasteiger partial charge in [0.25, 0.3) is 0 Å². The predicted molar refractivity (Wildman–Crippen MR) is 130 cm³/mol. The summed E-state index contributed by atoms with van der Waals surface area (Å²) in [5.74, 6) is -8.08. The fourth-order valence-corrected chi connectivity index (χ4v) is 4.86. The molecule has 16 heteroatoms. The van der Waals surface area contributed by atoms with Crippen molar-refractivity contribution in [2.75, 3.05) is 13.1 Å². The first-order valence-corrected chi connectivity index (χ1v) is 12.5. The van der Waals surface area contributed by atoms with Gasteiger partial charge in [0.2, 0.25) is 5.91 Å². The molecule has 0 saturated carbocycles. The van der Waals surface area contributed by atoms with Gasteiger partial charge < -0.3 is 4.90 Å². The number of hydrogen-bond donors (Lipinski definition) is 0. The van der Waals surface area contributed by atoms with E-state index in [-0.39, 0.29) is 40.2 Å². The average molecular weight is 659 g/mol. The van der Waals surface area contributed by atoms with Crippen molar-refractivity contribution in [3.8, 4) is 0 Å². The van der Waals surface area contributed by atoms with Gasteiger partial charge in [-0.25, -0.2) is 4.39 Å². The molecule has 1 aliphatic heterocycles. The minimum Gasteiger partial charge on any atom is -0.333 e. The first-order valence-electron chi connectivity index (χ1n) is 11.4. The number of alkyl halides is 9. The third-order valence-corrected chi connectivity index (χ3v) is 7.34. The Morgan fingerprint density at radius 2 is 1.56 bits per heavy atom. The molecule has 2 atom stereocenters. The highest BCUT2D eigenvalue weighted by Crippen LogP contribution is 2.43. The Hall–Kier alpha value is -2.51. The molecule has 2 aromatic rings. The molecule has 224 valence electrons. The van der Waals surface area contributed by atoms with Gasteiger partial charge in [0.05, 0.1) is 20.6 Å². The van der Waals surface area contributed by atoms with Crippen molar-refractivity contribution in [3.63, 3.8) is 0 Å². The van der Waals surface area contributed by atoms with Crippen LogP contribution in [0.3, 0.4) is 0 Å². The van der Waals surface area contributed by atoms with Crippen LogP contribution in [0.5, 0.6) is 0 Å². The number of likely N-dealkylation sites (tertiary alicyclic amines) is 1. The zero-order valence-corrected chi connectivity index (χ0v) is 22.4. The molecule has 0 radical (unpaired) electrons. The van der Waals surface area contributed by atoms with E-state index < -0.39 is 83.1 Å². The zero-order chi connectivity index (χ0) is 31.1. The third-order valence-electron chi connectivity index (χ3n) is 6.14. The molecule has 1 aliphatic rings. The molecule has 0 aromatic heterocycles. The smallest absolute Gasteiger partial charge is 0.333 e. The average Bonchev–Trinajstić information content (AvgIpc) is 3.16. The molecule has 0 bridgehead atoms. The van der Waals surface area contributed by atoms with Crippen LogP contribution in [0.1, 0.15) is 45.8 Å². The van der Waals surface area contributed by atoms with E-state index in [0.29, 0.717) is 17.0 Å². The maximum atomic E-state index is 15.0. The van der Waals surface area contributed by atoms with Gasteiger partial charge in [-0.2, -0.15) is 39.5 Å². The molecule has 1 fully saturated rings. The molecular weight excluding hydrogens is 643 g/mol. The normalized spacial score (nSPS) is 17.8. The highest BCUT2D eigenvalue weighted by Gasteiger charge is 2.43. The standard InChI is InChI=1S/C25H16Cl3F10NO2/c26-17-6-13(7-18(27)21(17)28)15(24(33,34)35)9-19(29)11-1-2-14(16(5-11)25(36,37)38)20(40)8-12-3-4-39(22(12)41)10-23(30,31)32/h1-2,5-7,9,12,15H,3-4,8,10H2/b19-9-/t12-,15?/m0/s1. The van der Waals surface area contributed by atoms with Crippen LogP contribution < -0.4 is 0 Å². The summed E-state index contributed by atoms with van der Waals surface area (Å²) in [5.41, 5.74) is -4.35. The third kappa shape index (κ3) is 8.07. The summed E-state index contributed by atoms with van der Waals surface area (Å²) in [6.07, 6.45) is -16.2. The maximum absolute atomic E-state index is 15.0. The first kappa shape index (κ1) is 33.0. The Bertz CT molecular complexity index is 1350. The fourth-order valence-electron chi connectivity index (χ4n) is 4.25. The van der Waals surface area contributed by atoms with E-state index in [1.807, 2.05) is 0 Å². The number of benzene rings is 2. The van der Waals surface area contributed by atoms with Gasteiger partial charge in [-0.05, 0) is 36.3 Å². The Morgan fingerprint density at radius 3 is 2.07 bits per heavy atom. The minimum atomic E-state index is -5.29. The van der Waals surface area contributed by atoms with Gasteiger partial charge in [0.15, 0.2) is 5.78 Å². The Kier molecular flexibility index (Phi) is 9.66. The molecule has 0 spiro atoms. The van der Waals surface area contributed by atoms with Gasteiger partial charge >= 0.3 is 18.5 Å². The second-order valence-electron chi connectivity index (χ2n) is 9.08. The quantitative estimate of drug-likeness (QED) is 0.169. The molecule has 2 aromatic carbocycles. The summed E-state index contributed by atoms with van der Waals surface area (Å²) >= 11 is 17.3. The number of Topliss-reactive ketones (excluding diaryl/α,β-unsaturated/α-hetero) is 1. The topological polar surface area (TPSA) is 37.4 Å². The number of carbonyl (C=O) groups excluding carboxylic acids is 2. The predicted octanol–water partition coefficient (Wildman–Crippen LogP) is 9.31. The Balaban J connectivity index is 1.95. The van der Waals surface area contributed by atoms with E-state index in [0.717, 1.165) is 12.1 Å². The summed E-state index contributed by atoms with van der Waals surface area (Å²) < 4.78 is 136. The number of allylic oxidation sites excluding steroid dienone is 1. The highest BCUT2D eigenvalue weighted by molar-refractivity contribution is 6.48. The van der Waals surface area contributed by atoms with Crippen LogP contribution in [-0.4, -0.2) is 42.0 Å². The van der Waals surface area contributed by atoms with Gasteiger partial charge in [0.1, 0.15) is 18.3 Å². The maximum Gasteiger partial charge on any atom is 0.417 e. The number of carbonyl (C=O) groups is 2. The highest BCUT2D eigenvalue weighted by atomic mass is 35.5. The Morgan fingerprint density at radius 1 is 0.976 bits per heavy atom. The second kappa shape index (κ2) is 12.0. The van der Waals surface area contributed by atoms with Crippen molar-refractivity contribution < 1.29 is 53.5 Å². The lowest BCUT2D eigenvalue weighted by Gasteiger charge is -2.19. The van der Waals surface area contributed by atoms with E-state index in [9.17, 15) is 49.1 Å². The summed E-state index contributed by atoms with van der Waals surface area (Å²) in [6.45, 7) is -1.94. The summed E-state index contributed by atoms with van der Waals surface area (Å²) in [5, 5.41) is -1.05. The second-order valence-corrected chi connectivity index (χ2v) is 10.3. The van der Waals surface area contributed by atoms with E-state index in [1.165, 1.54) is 0 Å². The van der Waals surface area contributed by atoms with E-state index in [2.05, 4.69) is 0 Å². The van der Waals surface area contributed by atoms with Crippen molar-refractivity contribution in [1.82, 2.24) is 4.90 Å². The van der Waals surface area contributed by atoms with Gasteiger partial charge in [-0.3, -0.25) is 9.59 Å². The molecule has 0 aliphatic carbocycles. The van der Waals surface area contributed by atoms with Crippen molar-refractivity contribution in [3.05, 3.63) is 73.7 Å². The minimum absolute atomic E-state index is 0.000685. The molecule has 1 amide bonds. The van der Waals surface area contributed by atoms with Crippen LogP contribution in [0.15, 0.2) is 36.4 Å². The van der Waals surface area contributed by atoms with Gasteiger partial charge in [-0.15, -0.1) is 0 Å². The van der Waals surface area contributed by atoms with Crippen LogP contribution in [0.4, 0.5) is 43.9 Å². The lowest BCUT2D eigenvalue weighted by atomic mass is 9.92. The molecule has 1 heterocycles. The monoisotopic (exact) mass is 657 g/mol. The molecule has 1 saturated heterocycles. The molecule has 1 unspecified atom stereocenters. The lowest BCUT2D eigenvalue weighted by Crippen LogP contribution is -2.36. The van der Waals surface area contributed by atoms with E-state index in [4.69, 9.17) is 34.8 Å². The van der Waals surface area contributed by atoms with Gasteiger partial charge in [0, 0.05) is 30.0 Å². The number of hydrogen-bond acceptors (Lipinski definition) is 2. The molecular formula is C25H16Cl3F10NO2. The van der Waals surface area contributed by atoms with Crippen LogP contribution in [0.2, 0.25) is 15.1 Å². The molecule has 41 heavy (non-hydrogen) atoms. The van der Waals surface area contributed by atoms with E-state index >= 15 is 4.39 Å². The first-order chi connectivity index (χ1) is 18.7. The largest absolute Gasteiger partial charge is 0.417 e. The number of halogens is 13. The fraction of sp³-hybridized carbons (Fsp3) is 0.360. The lowest BCUT2D eigenvalue weighted by molar-refractivity contribution is -0.158. The van der Waals surface area contributed by atoms with Gasteiger partial charge in [-0.1, -0.05) is 46.9 Å². The summed E-state index contributed by atoms with van der Waals surface area (Å²) in [6, 6.07) is 2.82. The number of nitrogens with zero attached hydrogens (tertiary/aromatic N) is 1. The van der Waals surface area contributed by atoms with Crippen LogP contribution >= 0.6 is 34.8 Å². The van der Waals surface area contributed by atoms with Crippen molar-refractivity contribution in [2.45, 2.75) is 37.3 Å². The number of ketones is 1. The zero-order valence-electron chi connectivity index (χ0n) is 20.1. The number of amides is 1. The Labute approximate surface area is 240 Å². The van der Waals surface area contributed by atoms with Crippen molar-refractivity contribution in [1.29, 1.82) is 0 Å². The number of rotatable bonds is 7. The van der Waals surface area contributed by atoms with Crippen molar-refractivity contribution >= 4 is 52.3 Å². The SMILES string of the molecule is O=C(C[C@@H]1CCN(CC(F)(F)F)C1=O)c1ccc(/C(F)=C/C(c2cc(Cl)c(Cl)c(Cl)c2)C(F)(F)F)cc1C(F)(F)F. The molecule has 3 nitrogen and oxygen atoms in total. The molecule has 0 N–H and O–H groups in total. The summed E-state index contributed by atoms with van der Waals surface area (Å²) in [4.78, 5) is 25.3. The van der Waals surface area contributed by atoms with Crippen LogP contribution in [0.25, 0.3) is 5.83 Å². The summed E-state index contributed by atoms with van der Waals surface area (Å²) in [7, 11) is 0. The van der Waals surface area contributed by atoms with Crippen LogP contribution in [-0.2, 0) is 11.0 Å².